The molecular weight excluding hydrogens is 344 g/mol. The molecule has 5 nitrogen and oxygen atoms in total. The molecule has 0 aliphatic carbocycles. The lowest BCUT2D eigenvalue weighted by atomic mass is 10.3. The van der Waals surface area contributed by atoms with Gasteiger partial charge in [-0.05, 0) is 32.0 Å². The second kappa shape index (κ2) is 9.49. The van der Waals surface area contributed by atoms with Crippen LogP contribution in [0.1, 0.15) is 15.6 Å². The first-order valence-corrected chi connectivity index (χ1v) is 9.03. The Morgan fingerprint density at radius 1 is 1.29 bits per heavy atom. The summed E-state index contributed by atoms with van der Waals surface area (Å²) in [4.78, 5) is 10.0. The Morgan fingerprint density at radius 3 is 2.75 bits per heavy atom. The molecule has 24 heavy (non-hydrogen) atoms. The third-order valence-corrected chi connectivity index (χ3v) is 4.75. The Labute approximate surface area is 152 Å². The van der Waals surface area contributed by atoms with E-state index in [1.54, 1.807) is 24.5 Å². The predicted octanol–water partition coefficient (Wildman–Crippen LogP) is 3.20. The molecule has 7 heteroatoms. The van der Waals surface area contributed by atoms with E-state index >= 15 is 0 Å². The summed E-state index contributed by atoms with van der Waals surface area (Å²) < 4.78 is 5.63. The van der Waals surface area contributed by atoms with Crippen molar-refractivity contribution in [3.05, 3.63) is 44.9 Å². The van der Waals surface area contributed by atoms with Crippen LogP contribution < -0.4 is 15.4 Å². The lowest BCUT2D eigenvalue weighted by molar-refractivity contribution is 0.322. The summed E-state index contributed by atoms with van der Waals surface area (Å²) in [7, 11) is 1.75. The van der Waals surface area contributed by atoms with Crippen LogP contribution in [0.3, 0.4) is 0 Å². The van der Waals surface area contributed by atoms with Crippen molar-refractivity contribution in [3.8, 4) is 5.75 Å². The molecule has 0 fully saturated rings. The van der Waals surface area contributed by atoms with E-state index in [9.17, 15) is 0 Å². The zero-order chi connectivity index (χ0) is 17.4. The fraction of sp³-hybridized carbons (Fsp3) is 0.412. The number of benzene rings is 1. The average Bonchev–Trinajstić information content (AvgIpc) is 2.88. The minimum atomic E-state index is 0.534. The molecule has 1 heterocycles. The van der Waals surface area contributed by atoms with Crippen LogP contribution in [0.4, 0.5) is 0 Å². The van der Waals surface area contributed by atoms with Gasteiger partial charge in [-0.3, -0.25) is 4.99 Å². The van der Waals surface area contributed by atoms with Gasteiger partial charge in [0.1, 0.15) is 12.4 Å². The third kappa shape index (κ3) is 6.02. The maximum absolute atomic E-state index is 5.92. The number of nitrogens with one attached hydrogen (secondary N) is 2. The van der Waals surface area contributed by atoms with Crippen molar-refractivity contribution in [2.45, 2.75) is 20.3 Å². The number of aryl methyl sites for hydroxylation is 2. The highest BCUT2D eigenvalue weighted by Gasteiger charge is 2.04. The van der Waals surface area contributed by atoms with E-state index in [1.165, 1.54) is 4.88 Å². The Balaban J connectivity index is 1.65. The summed E-state index contributed by atoms with van der Waals surface area (Å²) >= 11 is 7.67. The molecule has 2 N–H and O–H groups in total. The van der Waals surface area contributed by atoms with Gasteiger partial charge in [0.05, 0.1) is 17.2 Å². The second-order valence-corrected chi connectivity index (χ2v) is 6.95. The van der Waals surface area contributed by atoms with Crippen molar-refractivity contribution in [3.63, 3.8) is 0 Å². The van der Waals surface area contributed by atoms with Crippen LogP contribution in [0.25, 0.3) is 0 Å². The molecule has 0 aliphatic heterocycles. The molecule has 0 amide bonds. The average molecular weight is 367 g/mol. The number of thiazole rings is 1. The largest absolute Gasteiger partial charge is 0.492 e. The van der Waals surface area contributed by atoms with Crippen molar-refractivity contribution >= 4 is 28.9 Å². The summed E-state index contributed by atoms with van der Waals surface area (Å²) in [5, 5.41) is 8.33. The zero-order valence-electron chi connectivity index (χ0n) is 14.2. The number of hydrogen-bond donors (Lipinski definition) is 2. The lowest BCUT2D eigenvalue weighted by Crippen LogP contribution is -2.40. The molecular formula is C17H23ClN4OS. The Hall–Kier alpha value is -1.79. The summed E-state index contributed by atoms with van der Waals surface area (Å²) in [6.07, 6.45) is 0.888. The number of aromatic nitrogens is 1. The number of ether oxygens (including phenoxy) is 1. The van der Waals surface area contributed by atoms with E-state index in [4.69, 9.17) is 16.3 Å². The van der Waals surface area contributed by atoms with Gasteiger partial charge in [-0.25, -0.2) is 4.98 Å². The highest BCUT2D eigenvalue weighted by atomic mass is 35.5. The predicted molar refractivity (Wildman–Crippen MR) is 102 cm³/mol. The summed E-state index contributed by atoms with van der Waals surface area (Å²) in [5.41, 5.74) is 1.12. The van der Waals surface area contributed by atoms with E-state index in [0.717, 1.165) is 35.4 Å². The molecule has 0 bridgehead atoms. The number of aliphatic imine (C=N–C) groups is 1. The van der Waals surface area contributed by atoms with E-state index in [-0.39, 0.29) is 0 Å². The maximum Gasteiger partial charge on any atom is 0.191 e. The minimum Gasteiger partial charge on any atom is -0.492 e. The number of halogens is 1. The Bertz CT molecular complexity index is 667. The van der Waals surface area contributed by atoms with Gasteiger partial charge < -0.3 is 15.4 Å². The molecule has 1 aromatic carbocycles. The van der Waals surface area contributed by atoms with Gasteiger partial charge in [-0.15, -0.1) is 11.3 Å². The molecule has 0 saturated carbocycles. The van der Waals surface area contributed by atoms with Crippen LogP contribution in [-0.2, 0) is 6.42 Å². The minimum absolute atomic E-state index is 0.534. The molecule has 2 aromatic rings. The molecule has 1 aromatic heterocycles. The first-order chi connectivity index (χ1) is 11.6. The van der Waals surface area contributed by atoms with E-state index in [0.29, 0.717) is 18.2 Å². The lowest BCUT2D eigenvalue weighted by Gasteiger charge is -2.12. The molecule has 0 radical (unpaired) electrons. The van der Waals surface area contributed by atoms with Crippen LogP contribution in [-0.4, -0.2) is 37.7 Å². The molecule has 0 atom stereocenters. The van der Waals surface area contributed by atoms with E-state index in [2.05, 4.69) is 27.5 Å². The number of guanidine groups is 1. The van der Waals surface area contributed by atoms with Crippen molar-refractivity contribution in [2.24, 2.45) is 4.99 Å². The van der Waals surface area contributed by atoms with Crippen molar-refractivity contribution < 1.29 is 4.74 Å². The molecule has 0 saturated heterocycles. The van der Waals surface area contributed by atoms with Gasteiger partial charge >= 0.3 is 0 Å². The van der Waals surface area contributed by atoms with Gasteiger partial charge in [0, 0.05) is 29.9 Å². The second-order valence-electron chi connectivity index (χ2n) is 5.23. The molecule has 2 rings (SSSR count). The van der Waals surface area contributed by atoms with Gasteiger partial charge in [0.15, 0.2) is 5.96 Å². The summed E-state index contributed by atoms with van der Waals surface area (Å²) in [6.45, 7) is 6.13. The zero-order valence-corrected chi connectivity index (χ0v) is 15.8. The van der Waals surface area contributed by atoms with Gasteiger partial charge in [-0.2, -0.15) is 0 Å². The monoisotopic (exact) mass is 366 g/mol. The fourth-order valence-electron chi connectivity index (χ4n) is 2.05. The van der Waals surface area contributed by atoms with Crippen LogP contribution in [0.5, 0.6) is 5.75 Å². The number of nitrogens with zero attached hydrogens (tertiary/aromatic N) is 2. The van der Waals surface area contributed by atoms with Crippen LogP contribution in [0.15, 0.2) is 29.3 Å². The van der Waals surface area contributed by atoms with Crippen LogP contribution in [0, 0.1) is 13.8 Å². The normalized spacial score (nSPS) is 11.4. The molecule has 0 aliphatic rings. The smallest absolute Gasteiger partial charge is 0.191 e. The topological polar surface area (TPSA) is 58.5 Å². The Morgan fingerprint density at radius 2 is 2.08 bits per heavy atom. The highest BCUT2D eigenvalue weighted by molar-refractivity contribution is 7.11. The van der Waals surface area contributed by atoms with Gasteiger partial charge in [-0.1, -0.05) is 17.7 Å². The highest BCUT2D eigenvalue weighted by Crippen LogP contribution is 2.17. The van der Waals surface area contributed by atoms with Crippen molar-refractivity contribution in [2.75, 3.05) is 26.7 Å². The van der Waals surface area contributed by atoms with Crippen molar-refractivity contribution in [1.29, 1.82) is 0 Å². The SMILES string of the molecule is CN=C(NCCOc1cccc(Cl)c1)NCCc1nc(C)c(C)s1. The maximum atomic E-state index is 5.92. The van der Waals surface area contributed by atoms with Gasteiger partial charge in [0.2, 0.25) is 0 Å². The first-order valence-electron chi connectivity index (χ1n) is 7.84. The quantitative estimate of drug-likeness (QED) is 0.449. The fourth-order valence-corrected chi connectivity index (χ4v) is 3.16. The van der Waals surface area contributed by atoms with Crippen molar-refractivity contribution in [1.82, 2.24) is 15.6 Å². The van der Waals surface area contributed by atoms with E-state index < -0.39 is 0 Å². The molecule has 0 unspecified atom stereocenters. The number of hydrogen-bond acceptors (Lipinski definition) is 4. The summed E-state index contributed by atoms with van der Waals surface area (Å²) in [6, 6.07) is 7.38. The van der Waals surface area contributed by atoms with Crippen LogP contribution in [0.2, 0.25) is 5.02 Å². The molecule has 0 spiro atoms. The standard InChI is InChI=1S/C17H23ClN4OS/c1-12-13(2)24-16(22-12)7-8-20-17(19-3)21-9-10-23-15-6-4-5-14(18)11-15/h4-6,11H,7-10H2,1-3H3,(H2,19,20,21). The van der Waals surface area contributed by atoms with Crippen LogP contribution >= 0.6 is 22.9 Å². The number of rotatable bonds is 7. The first kappa shape index (κ1) is 18.5. The third-order valence-electron chi connectivity index (χ3n) is 3.39. The molecule has 130 valence electrons. The summed E-state index contributed by atoms with van der Waals surface area (Å²) in [5.74, 6) is 1.52. The van der Waals surface area contributed by atoms with Gasteiger partial charge in [0.25, 0.3) is 0 Å². The van der Waals surface area contributed by atoms with E-state index in [1.807, 2.05) is 25.1 Å². The Kier molecular flexibility index (Phi) is 7.34.